The summed E-state index contributed by atoms with van der Waals surface area (Å²) in [6.07, 6.45) is -4.09. The molecule has 0 aliphatic heterocycles. The number of thiophene rings is 1. The van der Waals surface area contributed by atoms with Crippen molar-refractivity contribution in [2.24, 2.45) is 0 Å². The highest BCUT2D eigenvalue weighted by molar-refractivity contribution is 7.18. The molecule has 0 aromatic carbocycles. The summed E-state index contributed by atoms with van der Waals surface area (Å²) in [6.45, 7) is -0.542. The number of aromatic nitrogens is 1. The van der Waals surface area contributed by atoms with Gasteiger partial charge >= 0.3 is 6.18 Å². The summed E-state index contributed by atoms with van der Waals surface area (Å²) in [4.78, 5) is 23.9. The van der Waals surface area contributed by atoms with Crippen molar-refractivity contribution in [3.05, 3.63) is 54.5 Å². The van der Waals surface area contributed by atoms with Crippen molar-refractivity contribution in [2.45, 2.75) is 12.7 Å². The van der Waals surface area contributed by atoms with Crippen LogP contribution in [0.2, 0.25) is 9.36 Å². The van der Waals surface area contributed by atoms with Crippen molar-refractivity contribution >= 4 is 40.3 Å². The molecule has 0 aliphatic rings. The van der Waals surface area contributed by atoms with Crippen molar-refractivity contribution in [1.29, 1.82) is 0 Å². The highest BCUT2D eigenvalue weighted by atomic mass is 35.5. The zero-order valence-corrected chi connectivity index (χ0v) is 12.4. The molecule has 9 heteroatoms. The van der Waals surface area contributed by atoms with Gasteiger partial charge in [0.2, 0.25) is 0 Å². The van der Waals surface area contributed by atoms with Crippen LogP contribution >= 0.6 is 34.5 Å². The average Bonchev–Trinajstić information content (AvgIpc) is 2.80. The molecule has 2 heterocycles. The summed E-state index contributed by atoms with van der Waals surface area (Å²) in [6, 6.07) is 3.46. The van der Waals surface area contributed by atoms with Gasteiger partial charge in [0, 0.05) is 6.20 Å². The number of nitrogens with zero attached hydrogens (tertiary/aromatic N) is 1. The predicted octanol–water partition coefficient (Wildman–Crippen LogP) is 4.12. The molecule has 0 saturated carbocycles. The highest BCUT2D eigenvalue weighted by Crippen LogP contribution is 2.29. The Hall–Kier alpha value is -1.31. The van der Waals surface area contributed by atoms with Gasteiger partial charge in [-0.05, 0) is 18.2 Å². The fourth-order valence-corrected chi connectivity index (χ4v) is 2.77. The Morgan fingerprint density at radius 3 is 2.48 bits per heavy atom. The van der Waals surface area contributed by atoms with Gasteiger partial charge in [-0.2, -0.15) is 13.2 Å². The van der Waals surface area contributed by atoms with Gasteiger partial charge < -0.3 is 4.57 Å². The third-order valence-electron chi connectivity index (χ3n) is 2.53. The van der Waals surface area contributed by atoms with E-state index in [1.807, 2.05) is 0 Å². The monoisotopic (exact) mass is 355 g/mol. The molecule has 0 spiro atoms. The summed E-state index contributed by atoms with van der Waals surface area (Å²) in [5.41, 5.74) is -1.95. The van der Waals surface area contributed by atoms with E-state index in [4.69, 9.17) is 23.2 Å². The molecule has 0 fully saturated rings. The summed E-state index contributed by atoms with van der Waals surface area (Å²) in [5.74, 6) is -0.524. The molecular formula is C12H6Cl2F3NO2S. The molecule has 0 radical (unpaired) electrons. The van der Waals surface area contributed by atoms with Crippen molar-refractivity contribution < 1.29 is 18.0 Å². The zero-order valence-electron chi connectivity index (χ0n) is 10.1. The van der Waals surface area contributed by atoms with Crippen molar-refractivity contribution in [1.82, 2.24) is 4.57 Å². The Morgan fingerprint density at radius 2 is 1.95 bits per heavy atom. The highest BCUT2D eigenvalue weighted by Gasteiger charge is 2.32. The van der Waals surface area contributed by atoms with Gasteiger partial charge in [-0.1, -0.05) is 23.2 Å². The van der Waals surface area contributed by atoms with Crippen molar-refractivity contribution in [2.75, 3.05) is 0 Å². The minimum Gasteiger partial charge on any atom is -0.306 e. The first-order valence-corrected chi connectivity index (χ1v) is 7.01. The van der Waals surface area contributed by atoms with Gasteiger partial charge in [0.1, 0.15) is 5.02 Å². The lowest BCUT2D eigenvalue weighted by molar-refractivity contribution is -0.138. The van der Waals surface area contributed by atoms with Crippen LogP contribution in [0.3, 0.4) is 0 Å². The number of rotatable bonds is 3. The Balaban J connectivity index is 2.38. The van der Waals surface area contributed by atoms with Crippen LogP contribution in [0.1, 0.15) is 15.2 Å². The molecule has 2 rings (SSSR count). The Kier molecular flexibility index (Phi) is 4.46. The molecule has 0 saturated heterocycles. The van der Waals surface area contributed by atoms with E-state index in [0.29, 0.717) is 21.2 Å². The topological polar surface area (TPSA) is 39.1 Å². The molecule has 2 aromatic heterocycles. The van der Waals surface area contributed by atoms with Crippen LogP contribution < -0.4 is 5.56 Å². The SMILES string of the molecule is O=C(Cn1cc(C(F)(F)F)cc(Cl)c1=O)c1ccc(Cl)s1. The molecule has 0 aliphatic carbocycles. The lowest BCUT2D eigenvalue weighted by Gasteiger charge is -2.11. The first kappa shape index (κ1) is 16.1. The van der Waals surface area contributed by atoms with E-state index in [9.17, 15) is 22.8 Å². The van der Waals surface area contributed by atoms with Gasteiger partial charge in [-0.15, -0.1) is 11.3 Å². The first-order chi connectivity index (χ1) is 9.68. The number of pyridine rings is 1. The van der Waals surface area contributed by atoms with Gasteiger partial charge in [0.15, 0.2) is 5.78 Å². The molecule has 112 valence electrons. The van der Waals surface area contributed by atoms with Crippen LogP contribution in [0.15, 0.2) is 29.2 Å². The second kappa shape index (κ2) is 5.82. The molecule has 2 aromatic rings. The Bertz CT molecular complexity index is 752. The maximum Gasteiger partial charge on any atom is 0.417 e. The second-order valence-electron chi connectivity index (χ2n) is 4.03. The maximum absolute atomic E-state index is 12.7. The number of Topliss-reactive ketones (excluding diaryl/α,β-unsaturated/α-hetero) is 1. The summed E-state index contributed by atoms with van der Waals surface area (Å²) in [5, 5.41) is -0.596. The van der Waals surface area contributed by atoms with E-state index in [2.05, 4.69) is 0 Å². The minimum absolute atomic E-state index is 0.250. The third-order valence-corrected chi connectivity index (χ3v) is 4.07. The van der Waals surface area contributed by atoms with E-state index in [1.165, 1.54) is 12.1 Å². The van der Waals surface area contributed by atoms with Crippen LogP contribution in [0.25, 0.3) is 0 Å². The van der Waals surface area contributed by atoms with E-state index < -0.39 is 34.6 Å². The molecule has 0 amide bonds. The lowest BCUT2D eigenvalue weighted by atomic mass is 10.2. The summed E-state index contributed by atoms with van der Waals surface area (Å²) >= 11 is 12.2. The van der Waals surface area contributed by atoms with Gasteiger partial charge in [0.05, 0.1) is 21.3 Å². The fraction of sp³-hybridized carbons (Fsp3) is 0.167. The zero-order chi connectivity index (χ0) is 15.8. The molecule has 3 nitrogen and oxygen atoms in total. The number of hydrogen-bond donors (Lipinski definition) is 0. The summed E-state index contributed by atoms with van der Waals surface area (Å²) < 4.78 is 39.0. The van der Waals surface area contributed by atoms with E-state index in [-0.39, 0.29) is 4.88 Å². The van der Waals surface area contributed by atoms with Crippen LogP contribution in [0.5, 0.6) is 0 Å². The molecule has 0 bridgehead atoms. The predicted molar refractivity (Wildman–Crippen MR) is 74.4 cm³/mol. The standard InChI is InChI=1S/C12H6Cl2F3NO2S/c13-7-3-6(12(15,16)17)4-18(11(7)20)5-8(19)9-1-2-10(14)21-9/h1-4H,5H2. The number of halogens is 5. The van der Waals surface area contributed by atoms with Gasteiger partial charge in [-0.3, -0.25) is 9.59 Å². The Labute approximate surface area is 130 Å². The first-order valence-electron chi connectivity index (χ1n) is 5.44. The quantitative estimate of drug-likeness (QED) is 0.777. The molecular weight excluding hydrogens is 350 g/mol. The smallest absolute Gasteiger partial charge is 0.306 e. The van der Waals surface area contributed by atoms with Crippen LogP contribution in [-0.4, -0.2) is 10.4 Å². The fourth-order valence-electron chi connectivity index (χ4n) is 1.57. The Morgan fingerprint density at radius 1 is 1.29 bits per heavy atom. The molecule has 0 unspecified atom stereocenters. The number of carbonyl (C=O) groups excluding carboxylic acids is 1. The van der Waals surface area contributed by atoms with Crippen LogP contribution in [0, 0.1) is 0 Å². The van der Waals surface area contributed by atoms with E-state index in [0.717, 1.165) is 11.3 Å². The lowest BCUT2D eigenvalue weighted by Crippen LogP contribution is -2.26. The number of alkyl halides is 3. The van der Waals surface area contributed by atoms with Crippen molar-refractivity contribution in [3.8, 4) is 0 Å². The van der Waals surface area contributed by atoms with Gasteiger partial charge in [0.25, 0.3) is 5.56 Å². The average molecular weight is 356 g/mol. The number of ketones is 1. The minimum atomic E-state index is -4.66. The number of hydrogen-bond acceptors (Lipinski definition) is 3. The maximum atomic E-state index is 12.7. The number of carbonyl (C=O) groups is 1. The van der Waals surface area contributed by atoms with Gasteiger partial charge in [-0.25, -0.2) is 0 Å². The summed E-state index contributed by atoms with van der Waals surface area (Å²) in [7, 11) is 0. The van der Waals surface area contributed by atoms with E-state index in [1.54, 1.807) is 0 Å². The third kappa shape index (κ3) is 3.66. The normalized spacial score (nSPS) is 11.7. The van der Waals surface area contributed by atoms with E-state index >= 15 is 0 Å². The largest absolute Gasteiger partial charge is 0.417 e. The van der Waals surface area contributed by atoms with Crippen LogP contribution in [-0.2, 0) is 12.7 Å². The molecule has 21 heavy (non-hydrogen) atoms. The second-order valence-corrected chi connectivity index (χ2v) is 6.16. The van der Waals surface area contributed by atoms with Crippen LogP contribution in [0.4, 0.5) is 13.2 Å². The van der Waals surface area contributed by atoms with Crippen molar-refractivity contribution in [3.63, 3.8) is 0 Å². The molecule has 0 atom stereocenters. The molecule has 0 N–H and O–H groups in total.